The molecule has 3 rings (SSSR count). The lowest BCUT2D eigenvalue weighted by Crippen LogP contribution is -2.66. The Balaban J connectivity index is 1.46. The van der Waals surface area contributed by atoms with E-state index in [4.69, 9.17) is 28.4 Å². The minimum atomic E-state index is -1.98. The lowest BCUT2D eigenvalue weighted by Gasteiger charge is -2.48. The fourth-order valence-electron chi connectivity index (χ4n) is 11.3. The molecule has 0 spiro atoms. The summed E-state index contributed by atoms with van der Waals surface area (Å²) in [6, 6.07) is -0.988. The SMILES string of the molecule is CC/C=C\C/C=C\C/C=C\C/C=C\C/C=C\C/C=C\CCCCCCCCC(=O)NC(COC1OC(CO)C(OC2OC(CO)C(OC3OC(CO)C(O)C(O)C3O)C(O)C2O)C(O)C1O)C(O)/C=C/CCCCCCCCCCCCCCCCCCCC. The number of carbonyl (C=O) groups excluding carboxylic acids is 1. The van der Waals surface area contributed by atoms with Crippen molar-refractivity contribution < 1.29 is 89.4 Å². The van der Waals surface area contributed by atoms with Crippen molar-refractivity contribution in [1.82, 2.24) is 5.32 Å². The number of aliphatic hydroxyl groups excluding tert-OH is 11. The molecule has 3 aliphatic heterocycles. The molecule has 17 unspecified atom stereocenters. The first-order valence-corrected chi connectivity index (χ1v) is 34.8. The quantitative estimate of drug-likeness (QED) is 0.0200. The third-order valence-corrected chi connectivity index (χ3v) is 16.9. The van der Waals surface area contributed by atoms with Crippen molar-refractivity contribution in [3.63, 3.8) is 0 Å². The molecule has 0 bridgehead atoms. The first kappa shape index (κ1) is 81.2. The van der Waals surface area contributed by atoms with Crippen molar-refractivity contribution in [2.24, 2.45) is 0 Å². The normalized spacial score (nSPS) is 28.6. The third-order valence-electron chi connectivity index (χ3n) is 16.9. The van der Waals surface area contributed by atoms with Crippen LogP contribution in [0.2, 0.25) is 0 Å². The summed E-state index contributed by atoms with van der Waals surface area (Å²) < 4.78 is 34.3. The van der Waals surface area contributed by atoms with Gasteiger partial charge in [-0.3, -0.25) is 4.79 Å². The summed E-state index contributed by atoms with van der Waals surface area (Å²) in [7, 11) is 0. The lowest BCUT2D eigenvalue weighted by atomic mass is 9.96. The zero-order valence-electron chi connectivity index (χ0n) is 54.8. The van der Waals surface area contributed by atoms with Crippen LogP contribution in [-0.2, 0) is 33.2 Å². The zero-order chi connectivity index (χ0) is 65.4. The van der Waals surface area contributed by atoms with Gasteiger partial charge in [-0.1, -0.05) is 234 Å². The van der Waals surface area contributed by atoms with Gasteiger partial charge in [0.05, 0.1) is 38.6 Å². The smallest absolute Gasteiger partial charge is 0.220 e. The number of unbranched alkanes of at least 4 members (excludes halogenated alkanes) is 24. The van der Waals surface area contributed by atoms with E-state index in [1.807, 2.05) is 6.08 Å². The van der Waals surface area contributed by atoms with Crippen LogP contribution >= 0.6 is 0 Å². The Bertz CT molecular complexity index is 1960. The van der Waals surface area contributed by atoms with Gasteiger partial charge in [-0.05, 0) is 70.6 Å². The average Bonchev–Trinajstić information content (AvgIpc) is 0.847. The second-order valence-electron chi connectivity index (χ2n) is 24.6. The molecule has 0 aromatic heterocycles. The third kappa shape index (κ3) is 33.9. The largest absolute Gasteiger partial charge is 0.394 e. The van der Waals surface area contributed by atoms with Gasteiger partial charge < -0.3 is 89.9 Å². The van der Waals surface area contributed by atoms with Gasteiger partial charge in [0.2, 0.25) is 5.91 Å². The molecule has 90 heavy (non-hydrogen) atoms. The molecule has 1 amide bonds. The highest BCUT2D eigenvalue weighted by atomic mass is 16.8. The van der Waals surface area contributed by atoms with Gasteiger partial charge in [0.15, 0.2) is 18.9 Å². The summed E-state index contributed by atoms with van der Waals surface area (Å²) in [6.07, 6.45) is 39.7. The molecule has 3 aliphatic rings. The molecule has 12 N–H and O–H groups in total. The monoisotopic (exact) mass is 1280 g/mol. The number of rotatable bonds is 52. The second kappa shape index (κ2) is 52.3. The molecule has 17 atom stereocenters. The van der Waals surface area contributed by atoms with Crippen LogP contribution in [0.25, 0.3) is 0 Å². The fourth-order valence-corrected chi connectivity index (χ4v) is 11.3. The molecule has 3 saturated heterocycles. The Kier molecular flexibility index (Phi) is 47.2. The highest BCUT2D eigenvalue weighted by Gasteiger charge is 2.53. The van der Waals surface area contributed by atoms with Crippen molar-refractivity contribution in [3.8, 4) is 0 Å². The van der Waals surface area contributed by atoms with Crippen molar-refractivity contribution in [2.75, 3.05) is 26.4 Å². The molecule has 19 heteroatoms. The first-order chi connectivity index (χ1) is 43.8. The van der Waals surface area contributed by atoms with Gasteiger partial charge >= 0.3 is 0 Å². The Morgan fingerprint density at radius 1 is 0.411 bits per heavy atom. The van der Waals surface area contributed by atoms with Crippen LogP contribution < -0.4 is 5.32 Å². The minimum Gasteiger partial charge on any atom is -0.394 e. The number of hydrogen-bond acceptors (Lipinski definition) is 18. The number of ether oxygens (including phenoxy) is 6. The van der Waals surface area contributed by atoms with Crippen molar-refractivity contribution in [1.29, 1.82) is 0 Å². The number of hydrogen-bond donors (Lipinski definition) is 12. The zero-order valence-corrected chi connectivity index (χ0v) is 54.8. The van der Waals surface area contributed by atoms with E-state index in [0.29, 0.717) is 6.42 Å². The first-order valence-electron chi connectivity index (χ1n) is 34.8. The van der Waals surface area contributed by atoms with E-state index in [-0.39, 0.29) is 18.9 Å². The van der Waals surface area contributed by atoms with Crippen molar-refractivity contribution in [3.05, 3.63) is 85.1 Å². The van der Waals surface area contributed by atoms with E-state index in [0.717, 1.165) is 103 Å². The van der Waals surface area contributed by atoms with E-state index in [2.05, 4.69) is 92.1 Å². The standard InChI is InChI=1S/C71H123NO18/c1-3-5-7-9-11-13-15-17-19-21-23-25-26-27-28-29-31-33-35-37-39-41-43-45-47-49-59(77)72-54(55(76)48-46-44-42-40-38-36-34-32-30-24-22-20-18-16-14-12-10-8-6-4-2)53-85-69-65(83)62(80)67(57(51-74)87-69)90-71-66(84)63(81)68(58(52-75)88-71)89-70-64(82)61(79)60(78)56(50-73)86-70/h5,7,11,13,17,19,23,25,27-28,31,33,46,48,54-58,60-71,73-76,78-84H,3-4,6,8-10,12,14-16,18,20-22,24,26,29-30,32,34-45,47,49-53H2,1-2H3,(H,72,77)/b7-5-,13-11-,19-17-,25-23-,28-27-,33-31-,48-46+. The topological polar surface area (TPSA) is 307 Å². The Morgan fingerprint density at radius 3 is 1.20 bits per heavy atom. The maximum absolute atomic E-state index is 13.4. The summed E-state index contributed by atoms with van der Waals surface area (Å²) in [5.74, 6) is -0.292. The maximum atomic E-state index is 13.4. The van der Waals surface area contributed by atoms with Crippen LogP contribution in [0, 0.1) is 0 Å². The van der Waals surface area contributed by atoms with Crippen LogP contribution in [0.15, 0.2) is 85.1 Å². The summed E-state index contributed by atoms with van der Waals surface area (Å²) in [6.45, 7) is 1.61. The molecule has 0 aliphatic carbocycles. The van der Waals surface area contributed by atoms with E-state index in [9.17, 15) is 61.0 Å². The summed E-state index contributed by atoms with van der Waals surface area (Å²) >= 11 is 0. The summed E-state index contributed by atoms with van der Waals surface area (Å²) in [5, 5.41) is 121. The molecule has 3 heterocycles. The molecule has 3 fully saturated rings. The molecule has 0 aromatic carbocycles. The average molecular weight is 1280 g/mol. The molecule has 520 valence electrons. The molecule has 0 aromatic rings. The van der Waals surface area contributed by atoms with Crippen molar-refractivity contribution in [2.45, 2.75) is 330 Å². The van der Waals surface area contributed by atoms with Crippen LogP contribution in [0.3, 0.4) is 0 Å². The minimum absolute atomic E-state index is 0.221. The molecule has 0 saturated carbocycles. The lowest BCUT2D eigenvalue weighted by molar-refractivity contribution is -0.379. The molecule has 0 radical (unpaired) electrons. The summed E-state index contributed by atoms with van der Waals surface area (Å²) in [5.41, 5.74) is 0. The molecular formula is C71H123NO18. The highest BCUT2D eigenvalue weighted by Crippen LogP contribution is 2.33. The second-order valence-corrected chi connectivity index (χ2v) is 24.6. The number of nitrogens with one attached hydrogen (secondary N) is 1. The van der Waals surface area contributed by atoms with Crippen LogP contribution in [-0.4, -0.2) is 193 Å². The highest BCUT2D eigenvalue weighted by molar-refractivity contribution is 5.76. The van der Waals surface area contributed by atoms with Gasteiger partial charge in [0.1, 0.15) is 73.2 Å². The Labute approximate surface area is 540 Å². The van der Waals surface area contributed by atoms with Crippen LogP contribution in [0.5, 0.6) is 0 Å². The van der Waals surface area contributed by atoms with Crippen LogP contribution in [0.1, 0.15) is 226 Å². The van der Waals surface area contributed by atoms with Crippen LogP contribution in [0.4, 0.5) is 0 Å². The Morgan fingerprint density at radius 2 is 0.767 bits per heavy atom. The number of carbonyl (C=O) groups is 1. The number of allylic oxidation sites excluding steroid dienone is 13. The van der Waals surface area contributed by atoms with Gasteiger partial charge in [0.25, 0.3) is 0 Å². The van der Waals surface area contributed by atoms with E-state index in [1.165, 1.54) is 96.3 Å². The fraction of sp³-hybridized carbons (Fsp3) is 0.789. The Hall–Kier alpha value is -3.03. The van der Waals surface area contributed by atoms with Gasteiger partial charge in [-0.25, -0.2) is 0 Å². The number of aliphatic hydroxyl groups is 11. The summed E-state index contributed by atoms with van der Waals surface area (Å²) in [4.78, 5) is 13.4. The van der Waals surface area contributed by atoms with Crippen molar-refractivity contribution >= 4 is 5.91 Å². The number of amides is 1. The van der Waals surface area contributed by atoms with E-state index >= 15 is 0 Å². The molecule has 19 nitrogen and oxygen atoms in total. The van der Waals surface area contributed by atoms with Gasteiger partial charge in [0, 0.05) is 6.42 Å². The van der Waals surface area contributed by atoms with E-state index < -0.39 is 124 Å². The van der Waals surface area contributed by atoms with E-state index in [1.54, 1.807) is 6.08 Å². The van der Waals surface area contributed by atoms with Gasteiger partial charge in [-0.15, -0.1) is 0 Å². The predicted octanol–water partition coefficient (Wildman–Crippen LogP) is 9.10. The molecular weight excluding hydrogens is 1150 g/mol. The maximum Gasteiger partial charge on any atom is 0.220 e. The predicted molar refractivity (Wildman–Crippen MR) is 351 cm³/mol. The van der Waals surface area contributed by atoms with Gasteiger partial charge in [-0.2, -0.15) is 0 Å².